The summed E-state index contributed by atoms with van der Waals surface area (Å²) in [7, 11) is 2.16. The minimum atomic E-state index is -0.0792. The van der Waals surface area contributed by atoms with Gasteiger partial charge in [0, 0.05) is 61.8 Å². The van der Waals surface area contributed by atoms with Gasteiger partial charge in [-0.2, -0.15) is 0 Å². The zero-order valence-corrected chi connectivity index (χ0v) is 21.1. The average molecular weight is 495 g/mol. The van der Waals surface area contributed by atoms with Crippen molar-refractivity contribution in [1.29, 1.82) is 0 Å². The quantitative estimate of drug-likeness (QED) is 0.455. The number of ether oxygens (including phenoxy) is 2. The second-order valence-corrected chi connectivity index (χ2v) is 10.1. The molecule has 0 radical (unpaired) electrons. The van der Waals surface area contributed by atoms with Crippen molar-refractivity contribution < 1.29 is 14.3 Å². The maximum atomic E-state index is 12.9. The Balaban J connectivity index is 1.03. The van der Waals surface area contributed by atoms with Crippen LogP contribution in [0, 0.1) is 5.92 Å². The van der Waals surface area contributed by atoms with Gasteiger partial charge >= 0.3 is 0 Å². The lowest BCUT2D eigenvalue weighted by Crippen LogP contribution is -2.47. The molecule has 36 heavy (non-hydrogen) atoms. The molecule has 9 heteroatoms. The molecule has 3 fully saturated rings. The van der Waals surface area contributed by atoms with Crippen LogP contribution in [0.1, 0.15) is 35.2 Å². The van der Waals surface area contributed by atoms with Crippen LogP contribution in [-0.4, -0.2) is 80.5 Å². The number of fused-ring (bicyclic) bond motifs is 1. The van der Waals surface area contributed by atoms with Gasteiger partial charge in [0.2, 0.25) is 0 Å². The molecule has 9 nitrogen and oxygen atoms in total. The van der Waals surface area contributed by atoms with Crippen molar-refractivity contribution in [1.82, 2.24) is 26.1 Å². The fraction of sp³-hybridized carbons (Fsp3) is 0.556. The normalized spacial score (nSPS) is 26.5. The Morgan fingerprint density at radius 1 is 1.03 bits per heavy atom. The van der Waals surface area contributed by atoms with Gasteiger partial charge in [-0.05, 0) is 68.3 Å². The van der Waals surface area contributed by atoms with Crippen LogP contribution in [0.4, 0.5) is 5.69 Å². The van der Waals surface area contributed by atoms with Gasteiger partial charge < -0.3 is 24.6 Å². The van der Waals surface area contributed by atoms with E-state index in [4.69, 9.17) is 9.47 Å². The number of rotatable bonds is 9. The van der Waals surface area contributed by atoms with Crippen molar-refractivity contribution in [2.75, 3.05) is 51.3 Å². The first-order chi connectivity index (χ1) is 17.7. The number of hydrogen-bond donors (Lipinski definition) is 3. The Hall–Kier alpha value is -2.56. The maximum Gasteiger partial charge on any atom is 0.252 e. The predicted molar refractivity (Wildman–Crippen MR) is 138 cm³/mol. The molecule has 1 amide bonds. The van der Waals surface area contributed by atoms with Gasteiger partial charge in [-0.1, -0.05) is 0 Å². The minimum Gasteiger partial charge on any atom is -0.376 e. The van der Waals surface area contributed by atoms with E-state index < -0.39 is 0 Å². The van der Waals surface area contributed by atoms with Crippen LogP contribution in [0.5, 0.6) is 0 Å². The number of anilines is 1. The molecule has 1 aromatic carbocycles. The Morgan fingerprint density at radius 2 is 1.81 bits per heavy atom. The largest absolute Gasteiger partial charge is 0.376 e. The number of nitrogens with zero attached hydrogens (tertiary/aromatic N) is 3. The third kappa shape index (κ3) is 6.41. The molecular weight excluding hydrogens is 456 g/mol. The summed E-state index contributed by atoms with van der Waals surface area (Å²) >= 11 is 0. The second-order valence-electron chi connectivity index (χ2n) is 10.1. The molecule has 2 saturated heterocycles. The highest BCUT2D eigenvalue weighted by molar-refractivity contribution is 5.94. The van der Waals surface area contributed by atoms with E-state index in [0.29, 0.717) is 31.3 Å². The van der Waals surface area contributed by atoms with Gasteiger partial charge in [-0.15, -0.1) is 0 Å². The summed E-state index contributed by atoms with van der Waals surface area (Å²) in [6, 6.07) is 12.2. The number of hydrazine groups is 1. The highest BCUT2D eigenvalue weighted by Gasteiger charge is 2.41. The van der Waals surface area contributed by atoms with Crippen LogP contribution < -0.4 is 21.1 Å². The lowest BCUT2D eigenvalue weighted by molar-refractivity contribution is -0.0239. The smallest absolute Gasteiger partial charge is 0.252 e. The third-order valence-electron chi connectivity index (χ3n) is 7.59. The molecule has 1 saturated carbocycles. The average Bonchev–Trinajstić information content (AvgIpc) is 3.31. The summed E-state index contributed by atoms with van der Waals surface area (Å²) in [5, 5.41) is 3.19. The van der Waals surface area contributed by atoms with Crippen LogP contribution in [0.3, 0.4) is 0 Å². The summed E-state index contributed by atoms with van der Waals surface area (Å²) in [6.45, 7) is 5.91. The molecule has 4 unspecified atom stereocenters. The van der Waals surface area contributed by atoms with E-state index in [9.17, 15) is 4.79 Å². The number of likely N-dealkylation sites (N-methyl/N-ethyl adjacent to an activating group) is 1. The van der Waals surface area contributed by atoms with Crippen molar-refractivity contribution in [3.05, 3.63) is 59.9 Å². The van der Waals surface area contributed by atoms with E-state index >= 15 is 0 Å². The van der Waals surface area contributed by atoms with E-state index in [1.54, 1.807) is 12.4 Å². The predicted octanol–water partition coefficient (Wildman–Crippen LogP) is 1.77. The molecule has 3 N–H and O–H groups in total. The van der Waals surface area contributed by atoms with Gasteiger partial charge in [0.1, 0.15) is 0 Å². The number of carbonyl (C=O) groups is 1. The number of piperazine rings is 1. The van der Waals surface area contributed by atoms with Crippen molar-refractivity contribution in [3.63, 3.8) is 0 Å². The summed E-state index contributed by atoms with van der Waals surface area (Å²) in [4.78, 5) is 21.7. The topological polar surface area (TPSA) is 91.0 Å². The zero-order chi connectivity index (χ0) is 24.7. The Kier molecular flexibility index (Phi) is 8.45. The molecule has 4 atom stereocenters. The Labute approximate surface area is 213 Å². The van der Waals surface area contributed by atoms with Crippen LogP contribution in [-0.2, 0) is 16.1 Å². The highest BCUT2D eigenvalue weighted by Crippen LogP contribution is 2.31. The molecule has 2 aromatic rings. The van der Waals surface area contributed by atoms with Crippen molar-refractivity contribution in [2.24, 2.45) is 5.92 Å². The van der Waals surface area contributed by atoms with Gasteiger partial charge in [0.15, 0.2) is 0 Å². The molecule has 5 rings (SSSR count). The van der Waals surface area contributed by atoms with Crippen molar-refractivity contribution in [3.8, 4) is 0 Å². The lowest BCUT2D eigenvalue weighted by atomic mass is 9.82. The first kappa shape index (κ1) is 25.1. The van der Waals surface area contributed by atoms with Gasteiger partial charge in [-0.25, -0.2) is 5.43 Å². The molecule has 1 aliphatic carbocycles. The molecule has 2 aliphatic heterocycles. The molecule has 1 aromatic heterocycles. The van der Waals surface area contributed by atoms with E-state index in [2.05, 4.69) is 50.1 Å². The molecular formula is C27H38N6O3. The fourth-order valence-electron chi connectivity index (χ4n) is 5.37. The lowest BCUT2D eigenvalue weighted by Gasteiger charge is -2.34. The van der Waals surface area contributed by atoms with Crippen LogP contribution in [0.15, 0.2) is 48.8 Å². The maximum absolute atomic E-state index is 12.9. The van der Waals surface area contributed by atoms with Crippen LogP contribution in [0.2, 0.25) is 0 Å². The standard InChI is InChI=1S/C27H38N6O3/c1-32-12-14-33(15-13-32)22-4-2-21(3-5-22)27(34)29-26-24-7-6-23(18-25(24)30-31-26)36-17-16-35-19-20-8-10-28-11-9-20/h2-5,8-11,23-26,30-31H,6-7,12-19H2,1H3,(H,29,34). The van der Waals surface area contributed by atoms with Crippen molar-refractivity contribution >= 4 is 11.6 Å². The number of carbonyl (C=O) groups excluding carboxylic acids is 1. The first-order valence-corrected chi connectivity index (χ1v) is 13.1. The van der Waals surface area contributed by atoms with E-state index in [-0.39, 0.29) is 24.2 Å². The number of benzene rings is 1. The number of amides is 1. The monoisotopic (exact) mass is 494 g/mol. The van der Waals surface area contributed by atoms with Crippen molar-refractivity contribution in [2.45, 2.75) is 44.2 Å². The van der Waals surface area contributed by atoms with Crippen LogP contribution in [0.25, 0.3) is 0 Å². The summed E-state index contributed by atoms with van der Waals surface area (Å²) in [5.74, 6) is 0.311. The van der Waals surface area contributed by atoms with Gasteiger partial charge in [0.25, 0.3) is 5.91 Å². The number of aromatic nitrogens is 1. The number of hydrogen-bond acceptors (Lipinski definition) is 8. The van der Waals surface area contributed by atoms with E-state index in [1.165, 1.54) is 5.69 Å². The summed E-state index contributed by atoms with van der Waals surface area (Å²) in [5.41, 5.74) is 9.68. The van der Waals surface area contributed by atoms with Crippen LogP contribution >= 0.6 is 0 Å². The van der Waals surface area contributed by atoms with Gasteiger partial charge in [0.05, 0.1) is 32.1 Å². The fourth-order valence-corrected chi connectivity index (χ4v) is 5.37. The number of pyridine rings is 1. The van der Waals surface area contributed by atoms with E-state index in [1.807, 2.05) is 24.3 Å². The Bertz CT molecular complexity index is 967. The second kappa shape index (κ2) is 12.1. The molecule has 0 spiro atoms. The summed E-state index contributed by atoms with van der Waals surface area (Å²) < 4.78 is 11.8. The summed E-state index contributed by atoms with van der Waals surface area (Å²) in [6.07, 6.45) is 6.59. The Morgan fingerprint density at radius 3 is 2.58 bits per heavy atom. The highest BCUT2D eigenvalue weighted by atomic mass is 16.5. The third-order valence-corrected chi connectivity index (χ3v) is 7.59. The first-order valence-electron chi connectivity index (χ1n) is 13.1. The van der Waals surface area contributed by atoms with E-state index in [0.717, 1.165) is 51.0 Å². The molecule has 3 heterocycles. The molecule has 3 aliphatic rings. The minimum absolute atomic E-state index is 0.0374. The molecule has 194 valence electrons. The SMILES string of the molecule is CN1CCN(c2ccc(C(=O)NC3NNC4CC(OCCOCc5ccncc5)CCC43)cc2)CC1. The molecule has 0 bridgehead atoms. The zero-order valence-electron chi connectivity index (χ0n) is 21.1. The number of nitrogens with one attached hydrogen (secondary N) is 3. The van der Waals surface area contributed by atoms with Gasteiger partial charge in [-0.3, -0.25) is 15.2 Å².